The third-order valence-electron chi connectivity index (χ3n) is 3.18. The number of nitrogens with one attached hydrogen (secondary N) is 1. The summed E-state index contributed by atoms with van der Waals surface area (Å²) in [5, 5.41) is 3.18. The zero-order valence-corrected chi connectivity index (χ0v) is 11.0. The van der Waals surface area contributed by atoms with Gasteiger partial charge in [0.25, 0.3) is 0 Å². The molecule has 1 N–H and O–H groups in total. The van der Waals surface area contributed by atoms with Gasteiger partial charge in [0.1, 0.15) is 5.82 Å². The Morgan fingerprint density at radius 1 is 1.29 bits per heavy atom. The van der Waals surface area contributed by atoms with Crippen molar-refractivity contribution in [3.8, 4) is 0 Å². The van der Waals surface area contributed by atoms with Crippen LogP contribution in [0.5, 0.6) is 0 Å². The molecule has 0 bridgehead atoms. The summed E-state index contributed by atoms with van der Waals surface area (Å²) in [6, 6.07) is 6.61. The van der Waals surface area contributed by atoms with Crippen LogP contribution in [0.4, 0.5) is 0 Å². The Morgan fingerprint density at radius 2 is 2.12 bits per heavy atom. The highest BCUT2D eigenvalue weighted by Gasteiger charge is 2.07. The minimum absolute atomic E-state index is 1.01. The zero-order chi connectivity index (χ0) is 12.3. The van der Waals surface area contributed by atoms with Crippen molar-refractivity contribution in [3.63, 3.8) is 0 Å². The van der Waals surface area contributed by atoms with Gasteiger partial charge in [-0.05, 0) is 44.1 Å². The molecular formula is C14H21N3. The van der Waals surface area contributed by atoms with Crippen LogP contribution in [0, 0.1) is 0 Å². The van der Waals surface area contributed by atoms with Crippen molar-refractivity contribution in [2.45, 2.75) is 26.2 Å². The fourth-order valence-corrected chi connectivity index (χ4v) is 2.17. The van der Waals surface area contributed by atoms with Gasteiger partial charge in [-0.15, -0.1) is 0 Å². The molecule has 0 aliphatic heterocycles. The Morgan fingerprint density at radius 3 is 2.82 bits per heavy atom. The number of imidazole rings is 1. The SMILES string of the molecule is CCCc1nc2cc(CCNC)ccc2n1C. The molecule has 3 nitrogen and oxygen atoms in total. The first-order chi connectivity index (χ1) is 8.26. The molecule has 1 aromatic carbocycles. The molecule has 92 valence electrons. The summed E-state index contributed by atoms with van der Waals surface area (Å²) in [6.07, 6.45) is 3.26. The monoisotopic (exact) mass is 231 g/mol. The first-order valence-electron chi connectivity index (χ1n) is 6.35. The molecule has 1 heterocycles. The Balaban J connectivity index is 2.34. The minimum atomic E-state index is 1.01. The Bertz CT molecular complexity index is 499. The molecule has 0 aliphatic carbocycles. The maximum atomic E-state index is 4.71. The summed E-state index contributed by atoms with van der Waals surface area (Å²) in [5.74, 6) is 1.19. The molecule has 0 atom stereocenters. The van der Waals surface area contributed by atoms with Crippen molar-refractivity contribution in [1.82, 2.24) is 14.9 Å². The van der Waals surface area contributed by atoms with Crippen molar-refractivity contribution in [1.29, 1.82) is 0 Å². The fraction of sp³-hybridized carbons (Fsp3) is 0.500. The first kappa shape index (κ1) is 12.1. The average molecular weight is 231 g/mol. The van der Waals surface area contributed by atoms with Crippen molar-refractivity contribution >= 4 is 11.0 Å². The molecule has 0 radical (unpaired) electrons. The van der Waals surface area contributed by atoms with E-state index in [9.17, 15) is 0 Å². The van der Waals surface area contributed by atoms with Crippen molar-refractivity contribution < 1.29 is 0 Å². The predicted octanol–water partition coefficient (Wildman–Crippen LogP) is 2.29. The quantitative estimate of drug-likeness (QED) is 0.855. The van der Waals surface area contributed by atoms with Gasteiger partial charge in [-0.3, -0.25) is 0 Å². The number of aromatic nitrogens is 2. The maximum Gasteiger partial charge on any atom is 0.109 e. The first-order valence-corrected chi connectivity index (χ1v) is 6.35. The number of rotatable bonds is 5. The molecule has 0 saturated heterocycles. The molecule has 1 aromatic heterocycles. The molecule has 2 aromatic rings. The number of aryl methyl sites for hydroxylation is 2. The van der Waals surface area contributed by atoms with Gasteiger partial charge in [0.05, 0.1) is 11.0 Å². The van der Waals surface area contributed by atoms with Crippen LogP contribution >= 0.6 is 0 Å². The lowest BCUT2D eigenvalue weighted by Gasteiger charge is -2.01. The van der Waals surface area contributed by atoms with Gasteiger partial charge in [-0.2, -0.15) is 0 Å². The van der Waals surface area contributed by atoms with E-state index in [2.05, 4.69) is 42.1 Å². The summed E-state index contributed by atoms with van der Waals surface area (Å²) in [4.78, 5) is 4.71. The Labute approximate surface area is 103 Å². The molecule has 17 heavy (non-hydrogen) atoms. The van der Waals surface area contributed by atoms with Crippen LogP contribution in [-0.4, -0.2) is 23.1 Å². The van der Waals surface area contributed by atoms with Crippen LogP contribution in [0.25, 0.3) is 11.0 Å². The van der Waals surface area contributed by atoms with E-state index in [-0.39, 0.29) is 0 Å². The number of benzene rings is 1. The van der Waals surface area contributed by atoms with E-state index in [1.54, 1.807) is 0 Å². The summed E-state index contributed by atoms with van der Waals surface area (Å²) in [5.41, 5.74) is 3.72. The van der Waals surface area contributed by atoms with Crippen LogP contribution in [-0.2, 0) is 19.9 Å². The topological polar surface area (TPSA) is 29.9 Å². The van der Waals surface area contributed by atoms with Gasteiger partial charge in [-0.1, -0.05) is 13.0 Å². The Hall–Kier alpha value is -1.35. The minimum Gasteiger partial charge on any atom is -0.331 e. The standard InChI is InChI=1S/C14H21N3/c1-4-5-14-16-12-10-11(8-9-15-2)6-7-13(12)17(14)3/h6-7,10,15H,4-5,8-9H2,1-3H3. The molecule has 0 fully saturated rings. The molecule has 3 heteroatoms. The molecule has 0 spiro atoms. The second-order valence-electron chi connectivity index (χ2n) is 4.51. The van der Waals surface area contributed by atoms with Gasteiger partial charge in [-0.25, -0.2) is 4.98 Å². The molecule has 0 unspecified atom stereocenters. The number of hydrogen-bond acceptors (Lipinski definition) is 2. The highest BCUT2D eigenvalue weighted by Crippen LogP contribution is 2.17. The molecule has 0 aliphatic rings. The summed E-state index contributed by atoms with van der Waals surface area (Å²) >= 11 is 0. The predicted molar refractivity (Wildman–Crippen MR) is 72.3 cm³/mol. The van der Waals surface area contributed by atoms with E-state index in [0.29, 0.717) is 0 Å². The lowest BCUT2D eigenvalue weighted by Crippen LogP contribution is -2.10. The highest BCUT2D eigenvalue weighted by atomic mass is 15.1. The molecule has 2 rings (SSSR count). The van der Waals surface area contributed by atoms with Gasteiger partial charge < -0.3 is 9.88 Å². The lowest BCUT2D eigenvalue weighted by atomic mass is 10.1. The van der Waals surface area contributed by atoms with E-state index in [0.717, 1.165) is 31.3 Å². The smallest absolute Gasteiger partial charge is 0.109 e. The van der Waals surface area contributed by atoms with E-state index in [1.807, 2.05) is 7.05 Å². The van der Waals surface area contributed by atoms with E-state index in [1.165, 1.54) is 16.9 Å². The highest BCUT2D eigenvalue weighted by molar-refractivity contribution is 5.76. The van der Waals surface area contributed by atoms with Crippen LogP contribution in [0.3, 0.4) is 0 Å². The lowest BCUT2D eigenvalue weighted by molar-refractivity contribution is 0.773. The van der Waals surface area contributed by atoms with E-state index in [4.69, 9.17) is 4.98 Å². The second kappa shape index (κ2) is 5.32. The van der Waals surface area contributed by atoms with Crippen LogP contribution in [0.1, 0.15) is 24.7 Å². The van der Waals surface area contributed by atoms with Gasteiger partial charge in [0, 0.05) is 13.5 Å². The maximum absolute atomic E-state index is 4.71. The van der Waals surface area contributed by atoms with Crippen molar-refractivity contribution in [2.75, 3.05) is 13.6 Å². The van der Waals surface area contributed by atoms with Crippen LogP contribution < -0.4 is 5.32 Å². The second-order valence-corrected chi connectivity index (χ2v) is 4.51. The number of likely N-dealkylation sites (N-methyl/N-ethyl adjacent to an activating group) is 1. The number of hydrogen-bond donors (Lipinski definition) is 1. The summed E-state index contributed by atoms with van der Waals surface area (Å²) < 4.78 is 2.21. The van der Waals surface area contributed by atoms with E-state index < -0.39 is 0 Å². The summed E-state index contributed by atoms with van der Waals surface area (Å²) in [6.45, 7) is 3.21. The van der Waals surface area contributed by atoms with Gasteiger partial charge in [0.2, 0.25) is 0 Å². The van der Waals surface area contributed by atoms with Crippen LogP contribution in [0.15, 0.2) is 18.2 Å². The van der Waals surface area contributed by atoms with Crippen molar-refractivity contribution in [3.05, 3.63) is 29.6 Å². The largest absolute Gasteiger partial charge is 0.331 e. The molecular weight excluding hydrogens is 210 g/mol. The van der Waals surface area contributed by atoms with Gasteiger partial charge >= 0.3 is 0 Å². The normalized spacial score (nSPS) is 11.2. The molecule has 0 amide bonds. The third kappa shape index (κ3) is 2.50. The molecule has 0 saturated carbocycles. The Kier molecular flexibility index (Phi) is 3.79. The van der Waals surface area contributed by atoms with Gasteiger partial charge in [0.15, 0.2) is 0 Å². The zero-order valence-electron chi connectivity index (χ0n) is 11.0. The number of nitrogens with zero attached hydrogens (tertiary/aromatic N) is 2. The number of fused-ring (bicyclic) bond motifs is 1. The fourth-order valence-electron chi connectivity index (χ4n) is 2.17. The van der Waals surface area contributed by atoms with E-state index >= 15 is 0 Å². The average Bonchev–Trinajstić information content (AvgIpc) is 2.64. The van der Waals surface area contributed by atoms with Crippen molar-refractivity contribution in [2.24, 2.45) is 7.05 Å². The third-order valence-corrected chi connectivity index (χ3v) is 3.18. The van der Waals surface area contributed by atoms with Crippen LogP contribution in [0.2, 0.25) is 0 Å². The summed E-state index contributed by atoms with van der Waals surface area (Å²) in [7, 11) is 4.09.